The van der Waals surface area contributed by atoms with Crippen molar-refractivity contribution < 1.29 is 0 Å². The van der Waals surface area contributed by atoms with Crippen LogP contribution in [-0.2, 0) is 0 Å². The molecule has 2 fully saturated rings. The first-order chi connectivity index (χ1) is 9.74. The quantitative estimate of drug-likeness (QED) is 0.872. The lowest BCUT2D eigenvalue weighted by atomic mass is 9.79. The molecule has 2 saturated carbocycles. The van der Waals surface area contributed by atoms with Crippen molar-refractivity contribution in [2.45, 2.75) is 77.3 Å². The van der Waals surface area contributed by atoms with Crippen LogP contribution >= 0.6 is 0 Å². The smallest absolute Gasteiger partial charge is 0.203 e. The van der Waals surface area contributed by atoms with E-state index in [0.29, 0.717) is 12.1 Å². The molecule has 3 nitrogen and oxygen atoms in total. The second-order valence-corrected chi connectivity index (χ2v) is 7.06. The highest BCUT2D eigenvalue weighted by Gasteiger charge is 2.26. The van der Waals surface area contributed by atoms with Gasteiger partial charge < -0.3 is 9.88 Å². The molecule has 3 unspecified atom stereocenters. The molecule has 3 atom stereocenters. The van der Waals surface area contributed by atoms with E-state index in [1.54, 1.807) is 0 Å². The van der Waals surface area contributed by atoms with E-state index >= 15 is 0 Å². The maximum Gasteiger partial charge on any atom is 0.203 e. The molecule has 0 amide bonds. The Hall–Kier alpha value is -0.990. The molecular formula is C17H29N3. The minimum absolute atomic E-state index is 0.617. The fourth-order valence-corrected chi connectivity index (χ4v) is 3.94. The first-order valence-corrected chi connectivity index (χ1v) is 8.53. The van der Waals surface area contributed by atoms with Gasteiger partial charge in [-0.15, -0.1) is 0 Å². The van der Waals surface area contributed by atoms with Crippen molar-refractivity contribution in [1.29, 1.82) is 0 Å². The third-order valence-corrected chi connectivity index (χ3v) is 5.57. The van der Waals surface area contributed by atoms with E-state index in [1.165, 1.54) is 51.4 Å². The Morgan fingerprint density at radius 1 is 1.05 bits per heavy atom. The van der Waals surface area contributed by atoms with Crippen LogP contribution in [0.4, 0.5) is 5.95 Å². The molecule has 3 heteroatoms. The third-order valence-electron chi connectivity index (χ3n) is 5.57. The highest BCUT2D eigenvalue weighted by atomic mass is 15.2. The molecule has 1 heterocycles. The number of rotatable bonds is 3. The van der Waals surface area contributed by atoms with Crippen molar-refractivity contribution in [2.75, 3.05) is 5.32 Å². The Morgan fingerprint density at radius 2 is 1.85 bits per heavy atom. The number of nitrogens with one attached hydrogen (secondary N) is 1. The monoisotopic (exact) mass is 275 g/mol. The third kappa shape index (κ3) is 3.02. The van der Waals surface area contributed by atoms with E-state index in [2.05, 4.69) is 34.9 Å². The van der Waals surface area contributed by atoms with E-state index in [1.807, 2.05) is 6.20 Å². The fraction of sp³-hybridized carbons (Fsp3) is 0.824. The summed E-state index contributed by atoms with van der Waals surface area (Å²) in [6, 6.07) is 1.29. The largest absolute Gasteiger partial charge is 0.353 e. The summed E-state index contributed by atoms with van der Waals surface area (Å²) in [5, 5.41) is 3.73. The van der Waals surface area contributed by atoms with Gasteiger partial charge in [0.25, 0.3) is 0 Å². The molecule has 1 N–H and O–H groups in total. The molecule has 112 valence electrons. The van der Waals surface area contributed by atoms with Gasteiger partial charge in [-0.1, -0.05) is 33.1 Å². The average Bonchev–Trinajstić information content (AvgIpc) is 2.92. The van der Waals surface area contributed by atoms with E-state index in [4.69, 9.17) is 0 Å². The van der Waals surface area contributed by atoms with Gasteiger partial charge in [0.1, 0.15) is 0 Å². The molecule has 1 aromatic heterocycles. The van der Waals surface area contributed by atoms with Gasteiger partial charge in [0, 0.05) is 24.5 Å². The van der Waals surface area contributed by atoms with Crippen LogP contribution in [0.1, 0.15) is 71.3 Å². The summed E-state index contributed by atoms with van der Waals surface area (Å²) >= 11 is 0. The lowest BCUT2D eigenvalue weighted by molar-refractivity contribution is 0.259. The Bertz CT molecular complexity index is 420. The van der Waals surface area contributed by atoms with Gasteiger partial charge in [0.2, 0.25) is 5.95 Å². The SMILES string of the molecule is CC1CCC(Nc2nccn2C2CCCCC2)CC1C. The topological polar surface area (TPSA) is 29.9 Å². The number of hydrogen-bond donors (Lipinski definition) is 1. The van der Waals surface area contributed by atoms with Crippen LogP contribution in [0.5, 0.6) is 0 Å². The van der Waals surface area contributed by atoms with Gasteiger partial charge in [-0.3, -0.25) is 0 Å². The molecule has 2 aliphatic carbocycles. The summed E-state index contributed by atoms with van der Waals surface area (Å²) in [6.07, 6.45) is 14.9. The molecule has 1 aromatic rings. The van der Waals surface area contributed by atoms with E-state index in [0.717, 1.165) is 17.8 Å². The predicted octanol–water partition coefficient (Wildman–Crippen LogP) is 4.62. The molecule has 0 aromatic carbocycles. The highest BCUT2D eigenvalue weighted by molar-refractivity contribution is 5.29. The first kappa shape index (κ1) is 14.0. The summed E-state index contributed by atoms with van der Waals surface area (Å²) in [4.78, 5) is 4.58. The summed E-state index contributed by atoms with van der Waals surface area (Å²) in [5.41, 5.74) is 0. The van der Waals surface area contributed by atoms with Gasteiger partial charge in [-0.05, 0) is 43.9 Å². The minimum atomic E-state index is 0.617. The summed E-state index contributed by atoms with van der Waals surface area (Å²) in [6.45, 7) is 4.79. The second-order valence-electron chi connectivity index (χ2n) is 7.06. The Morgan fingerprint density at radius 3 is 2.60 bits per heavy atom. The van der Waals surface area contributed by atoms with Gasteiger partial charge >= 0.3 is 0 Å². The highest BCUT2D eigenvalue weighted by Crippen LogP contribution is 2.33. The summed E-state index contributed by atoms with van der Waals surface area (Å²) in [5.74, 6) is 2.83. The molecule has 2 aliphatic rings. The summed E-state index contributed by atoms with van der Waals surface area (Å²) in [7, 11) is 0. The van der Waals surface area contributed by atoms with Crippen LogP contribution in [0.3, 0.4) is 0 Å². The van der Waals surface area contributed by atoms with Crippen LogP contribution < -0.4 is 5.32 Å². The van der Waals surface area contributed by atoms with Crippen LogP contribution in [0.25, 0.3) is 0 Å². The van der Waals surface area contributed by atoms with Crippen LogP contribution in [0.2, 0.25) is 0 Å². The minimum Gasteiger partial charge on any atom is -0.353 e. The van der Waals surface area contributed by atoms with E-state index in [-0.39, 0.29) is 0 Å². The molecular weight excluding hydrogens is 246 g/mol. The number of anilines is 1. The van der Waals surface area contributed by atoms with Crippen molar-refractivity contribution in [2.24, 2.45) is 11.8 Å². The molecule has 20 heavy (non-hydrogen) atoms. The lowest BCUT2D eigenvalue weighted by Crippen LogP contribution is -2.31. The molecule has 0 bridgehead atoms. The van der Waals surface area contributed by atoms with Crippen LogP contribution in [0.15, 0.2) is 12.4 Å². The number of hydrogen-bond acceptors (Lipinski definition) is 2. The zero-order chi connectivity index (χ0) is 13.9. The van der Waals surface area contributed by atoms with Gasteiger partial charge in [0.05, 0.1) is 0 Å². The maximum atomic E-state index is 4.58. The normalized spacial score (nSPS) is 32.2. The molecule has 0 spiro atoms. The van der Waals surface area contributed by atoms with Crippen molar-refractivity contribution in [3.63, 3.8) is 0 Å². The Balaban J connectivity index is 1.64. The van der Waals surface area contributed by atoms with Crippen molar-refractivity contribution in [1.82, 2.24) is 9.55 Å². The number of nitrogens with zero attached hydrogens (tertiary/aromatic N) is 2. The molecule has 0 aliphatic heterocycles. The number of aromatic nitrogens is 2. The van der Waals surface area contributed by atoms with Gasteiger partial charge in [0.15, 0.2) is 0 Å². The zero-order valence-electron chi connectivity index (χ0n) is 13.0. The first-order valence-electron chi connectivity index (χ1n) is 8.53. The predicted molar refractivity (Wildman–Crippen MR) is 83.9 cm³/mol. The maximum absolute atomic E-state index is 4.58. The Kier molecular flexibility index (Phi) is 4.32. The summed E-state index contributed by atoms with van der Waals surface area (Å²) < 4.78 is 2.40. The average molecular weight is 275 g/mol. The van der Waals surface area contributed by atoms with E-state index < -0.39 is 0 Å². The van der Waals surface area contributed by atoms with Crippen molar-refractivity contribution >= 4 is 5.95 Å². The van der Waals surface area contributed by atoms with Gasteiger partial charge in [-0.2, -0.15) is 0 Å². The fourth-order valence-electron chi connectivity index (χ4n) is 3.94. The van der Waals surface area contributed by atoms with Crippen LogP contribution in [0, 0.1) is 11.8 Å². The Labute approximate surface area is 123 Å². The zero-order valence-corrected chi connectivity index (χ0v) is 13.0. The number of imidazole rings is 1. The standard InChI is InChI=1S/C17H29N3/c1-13-8-9-15(12-14(13)2)19-17-18-10-11-20(17)16-6-4-3-5-7-16/h10-11,13-16H,3-9,12H2,1-2H3,(H,18,19). The van der Waals surface area contributed by atoms with Crippen LogP contribution in [-0.4, -0.2) is 15.6 Å². The lowest BCUT2D eigenvalue weighted by Gasteiger charge is -2.33. The van der Waals surface area contributed by atoms with Gasteiger partial charge in [-0.25, -0.2) is 4.98 Å². The van der Waals surface area contributed by atoms with Crippen molar-refractivity contribution in [3.8, 4) is 0 Å². The molecule has 0 radical (unpaired) electrons. The molecule has 3 rings (SSSR count). The van der Waals surface area contributed by atoms with Crippen molar-refractivity contribution in [3.05, 3.63) is 12.4 Å². The second kappa shape index (κ2) is 6.19. The molecule has 0 saturated heterocycles. The van der Waals surface area contributed by atoms with E-state index in [9.17, 15) is 0 Å².